The number of hydrogen-bond acceptors (Lipinski definition) is 1. The minimum Gasteiger partial charge on any atom is -0.303 e. The maximum atomic E-state index is 5.27. The van der Waals surface area contributed by atoms with Crippen molar-refractivity contribution in [2.24, 2.45) is 5.92 Å². The van der Waals surface area contributed by atoms with E-state index in [1.165, 1.54) is 58.2 Å². The molecule has 0 N–H and O–H groups in total. The minimum absolute atomic E-state index is 0.939. The van der Waals surface area contributed by atoms with E-state index >= 15 is 0 Å². The molecule has 1 aliphatic rings. The molecule has 0 saturated carbocycles. The quantitative estimate of drug-likeness (QED) is 0.494. The Morgan fingerprint density at radius 1 is 1.33 bits per heavy atom. The van der Waals surface area contributed by atoms with Gasteiger partial charge in [-0.2, -0.15) is 0 Å². The summed E-state index contributed by atoms with van der Waals surface area (Å²) in [5.41, 5.74) is 0. The van der Waals surface area contributed by atoms with Gasteiger partial charge < -0.3 is 4.90 Å². The number of nitrogens with zero attached hydrogens (tertiary/aromatic N) is 1. The predicted octanol–water partition coefficient (Wildman–Crippen LogP) is 3.30. The molecule has 1 nitrogen and oxygen atoms in total. The number of unbranched alkanes of at least 4 members (excludes halogenated alkanes) is 1. The van der Waals surface area contributed by atoms with E-state index in [0.29, 0.717) is 0 Å². The monoisotopic (exact) mass is 207 g/mol. The summed E-state index contributed by atoms with van der Waals surface area (Å²) < 4.78 is 0. The summed E-state index contributed by atoms with van der Waals surface area (Å²) in [6, 6.07) is 0. The van der Waals surface area contributed by atoms with Crippen LogP contribution in [0.3, 0.4) is 0 Å². The zero-order valence-corrected chi connectivity index (χ0v) is 10.2. The van der Waals surface area contributed by atoms with Gasteiger partial charge in [0.1, 0.15) is 0 Å². The average Bonchev–Trinajstić information content (AvgIpc) is 2.45. The Morgan fingerprint density at radius 2 is 2.20 bits per heavy atom. The Hall–Kier alpha value is -0.480. The SMILES string of the molecule is C#CCCCN1CCCC(CCC)CC1. The van der Waals surface area contributed by atoms with Crippen LogP contribution in [0, 0.1) is 18.3 Å². The smallest absolute Gasteiger partial charge is 0.00982 e. The van der Waals surface area contributed by atoms with Crippen molar-refractivity contribution in [2.75, 3.05) is 19.6 Å². The molecule has 15 heavy (non-hydrogen) atoms. The van der Waals surface area contributed by atoms with Gasteiger partial charge in [-0.05, 0) is 51.2 Å². The van der Waals surface area contributed by atoms with Gasteiger partial charge >= 0.3 is 0 Å². The van der Waals surface area contributed by atoms with Crippen LogP contribution in [0.1, 0.15) is 51.9 Å². The first-order valence-electron chi connectivity index (χ1n) is 6.52. The molecule has 1 atom stereocenters. The summed E-state index contributed by atoms with van der Waals surface area (Å²) in [6.45, 7) is 6.11. The van der Waals surface area contributed by atoms with Crippen LogP contribution in [-0.2, 0) is 0 Å². The van der Waals surface area contributed by atoms with Crippen molar-refractivity contribution in [1.29, 1.82) is 0 Å². The lowest BCUT2D eigenvalue weighted by Crippen LogP contribution is -2.25. The third-order valence-electron chi connectivity index (χ3n) is 3.43. The van der Waals surface area contributed by atoms with E-state index in [0.717, 1.165) is 12.3 Å². The summed E-state index contributed by atoms with van der Waals surface area (Å²) in [5, 5.41) is 0. The molecule has 1 unspecified atom stereocenters. The molecule has 1 heteroatoms. The van der Waals surface area contributed by atoms with Crippen LogP contribution >= 0.6 is 0 Å². The molecule has 0 aromatic carbocycles. The van der Waals surface area contributed by atoms with Crippen LogP contribution in [0.25, 0.3) is 0 Å². The van der Waals surface area contributed by atoms with Crippen LogP contribution in [0.2, 0.25) is 0 Å². The summed E-state index contributed by atoms with van der Waals surface area (Å²) in [7, 11) is 0. The van der Waals surface area contributed by atoms with E-state index in [9.17, 15) is 0 Å². The van der Waals surface area contributed by atoms with Crippen LogP contribution in [0.5, 0.6) is 0 Å². The second-order valence-corrected chi connectivity index (χ2v) is 4.73. The van der Waals surface area contributed by atoms with E-state index < -0.39 is 0 Å². The molecule has 0 aromatic heterocycles. The summed E-state index contributed by atoms with van der Waals surface area (Å²) >= 11 is 0. The number of rotatable bonds is 5. The van der Waals surface area contributed by atoms with Crippen molar-refractivity contribution < 1.29 is 0 Å². The van der Waals surface area contributed by atoms with Crippen LogP contribution in [-0.4, -0.2) is 24.5 Å². The van der Waals surface area contributed by atoms with Gasteiger partial charge in [-0.25, -0.2) is 0 Å². The Morgan fingerprint density at radius 3 is 2.93 bits per heavy atom. The predicted molar refractivity (Wildman–Crippen MR) is 66.8 cm³/mol. The van der Waals surface area contributed by atoms with Crippen molar-refractivity contribution >= 4 is 0 Å². The first-order chi connectivity index (χ1) is 7.36. The van der Waals surface area contributed by atoms with Crippen molar-refractivity contribution in [3.05, 3.63) is 0 Å². The van der Waals surface area contributed by atoms with Gasteiger partial charge in [0.25, 0.3) is 0 Å². The van der Waals surface area contributed by atoms with Crippen molar-refractivity contribution in [3.8, 4) is 12.3 Å². The van der Waals surface area contributed by atoms with Gasteiger partial charge in [-0.15, -0.1) is 12.3 Å². The Bertz CT molecular complexity index is 192. The van der Waals surface area contributed by atoms with Crippen LogP contribution in [0.4, 0.5) is 0 Å². The molecule has 1 saturated heterocycles. The molecule has 86 valence electrons. The molecule has 0 aromatic rings. The first kappa shape index (κ1) is 12.6. The second kappa shape index (κ2) is 7.77. The van der Waals surface area contributed by atoms with Crippen LogP contribution < -0.4 is 0 Å². The zero-order valence-electron chi connectivity index (χ0n) is 10.2. The highest BCUT2D eigenvalue weighted by atomic mass is 15.1. The second-order valence-electron chi connectivity index (χ2n) is 4.73. The highest BCUT2D eigenvalue weighted by molar-refractivity contribution is 4.83. The zero-order chi connectivity index (χ0) is 10.9. The lowest BCUT2D eigenvalue weighted by molar-refractivity contribution is 0.277. The molecule has 1 aliphatic heterocycles. The van der Waals surface area contributed by atoms with E-state index in [1.54, 1.807) is 0 Å². The number of terminal acetylenes is 1. The molecule has 0 amide bonds. The van der Waals surface area contributed by atoms with Crippen LogP contribution in [0.15, 0.2) is 0 Å². The Labute approximate surface area is 95.2 Å². The van der Waals surface area contributed by atoms with Crippen molar-refractivity contribution in [1.82, 2.24) is 4.90 Å². The largest absolute Gasteiger partial charge is 0.303 e. The van der Waals surface area contributed by atoms with Gasteiger partial charge in [0.15, 0.2) is 0 Å². The fourth-order valence-corrected chi connectivity index (χ4v) is 2.55. The maximum absolute atomic E-state index is 5.27. The number of hydrogen-bond donors (Lipinski definition) is 0. The van der Waals surface area contributed by atoms with E-state index in [4.69, 9.17) is 6.42 Å². The first-order valence-corrected chi connectivity index (χ1v) is 6.52. The lowest BCUT2D eigenvalue weighted by atomic mass is 9.96. The van der Waals surface area contributed by atoms with Gasteiger partial charge in [-0.3, -0.25) is 0 Å². The van der Waals surface area contributed by atoms with E-state index in [-0.39, 0.29) is 0 Å². The molecular formula is C14H25N. The van der Waals surface area contributed by atoms with E-state index in [1.807, 2.05) is 0 Å². The normalized spacial score (nSPS) is 23.3. The highest BCUT2D eigenvalue weighted by Crippen LogP contribution is 2.21. The Kier molecular flexibility index (Phi) is 6.52. The molecule has 0 bridgehead atoms. The third-order valence-corrected chi connectivity index (χ3v) is 3.43. The summed E-state index contributed by atoms with van der Waals surface area (Å²) in [5.74, 6) is 3.72. The third kappa shape index (κ3) is 5.23. The van der Waals surface area contributed by atoms with Gasteiger partial charge in [0.05, 0.1) is 0 Å². The van der Waals surface area contributed by atoms with E-state index in [2.05, 4.69) is 17.7 Å². The molecule has 1 fully saturated rings. The molecular weight excluding hydrogens is 182 g/mol. The standard InChI is InChI=1S/C14H25N/c1-3-5-6-11-15-12-7-9-14(8-4-2)10-13-15/h1,14H,4-13H2,2H3. The minimum atomic E-state index is 0.939. The molecule has 0 aliphatic carbocycles. The van der Waals surface area contributed by atoms with Gasteiger partial charge in [-0.1, -0.05) is 19.8 Å². The van der Waals surface area contributed by atoms with Crippen molar-refractivity contribution in [2.45, 2.75) is 51.9 Å². The summed E-state index contributed by atoms with van der Waals surface area (Å²) in [6.07, 6.45) is 14.4. The topological polar surface area (TPSA) is 3.24 Å². The Balaban J connectivity index is 2.18. The fourth-order valence-electron chi connectivity index (χ4n) is 2.55. The van der Waals surface area contributed by atoms with Gasteiger partial charge in [0, 0.05) is 6.42 Å². The summed E-state index contributed by atoms with van der Waals surface area (Å²) in [4.78, 5) is 2.60. The molecule has 0 spiro atoms. The number of likely N-dealkylation sites (tertiary alicyclic amines) is 1. The maximum Gasteiger partial charge on any atom is 0.00982 e. The molecule has 1 rings (SSSR count). The lowest BCUT2D eigenvalue weighted by Gasteiger charge is -2.19. The van der Waals surface area contributed by atoms with Gasteiger partial charge in [0.2, 0.25) is 0 Å². The van der Waals surface area contributed by atoms with Crippen molar-refractivity contribution in [3.63, 3.8) is 0 Å². The highest BCUT2D eigenvalue weighted by Gasteiger charge is 2.15. The molecule has 0 radical (unpaired) electrons. The fraction of sp³-hybridized carbons (Fsp3) is 0.857. The average molecular weight is 207 g/mol. The molecule has 1 heterocycles.